The molecular weight excluding hydrogens is 438 g/mol. The molecule has 15 heteroatoms. The summed E-state index contributed by atoms with van der Waals surface area (Å²) in [7, 11) is 0. The third-order valence-corrected chi connectivity index (χ3v) is 5.01. The van der Waals surface area contributed by atoms with Crippen molar-refractivity contribution in [2.45, 2.75) is 18.5 Å². The van der Waals surface area contributed by atoms with Gasteiger partial charge >= 0.3 is 11.8 Å². The minimum absolute atomic E-state index is 0.00230. The van der Waals surface area contributed by atoms with Crippen LogP contribution in [0, 0.1) is 0 Å². The van der Waals surface area contributed by atoms with Gasteiger partial charge in [0.2, 0.25) is 23.4 Å². The first kappa shape index (κ1) is 22.6. The number of primary amides is 1. The number of nitrogens with zero attached hydrogens (tertiary/aromatic N) is 2. The molecule has 2 aromatic heterocycles. The first-order valence-electron chi connectivity index (χ1n) is 7.81. The zero-order valence-electron chi connectivity index (χ0n) is 15.1. The molecular formula is C15H14N7O6S2. The standard InChI is InChI=1S/C15H14N7O6S2/c1-5(24)11(27)22-15(4-23,7-3-30-14(18)20-7)9(25)8(21-12(28)10(16)26)6-2-29-13(17)19-6/h2-3,8H,1H3,(H2,16,26)(H2,17,19)(H2,18,20)(H,21,28)(H,22,27). The van der Waals surface area contributed by atoms with Crippen LogP contribution in [0.5, 0.6) is 0 Å². The Morgan fingerprint density at radius 1 is 1.07 bits per heavy atom. The highest BCUT2D eigenvalue weighted by Gasteiger charge is 2.50. The van der Waals surface area contributed by atoms with Gasteiger partial charge in [-0.05, 0) is 0 Å². The Morgan fingerprint density at radius 2 is 1.67 bits per heavy atom. The Balaban J connectivity index is 2.65. The third-order valence-electron chi connectivity index (χ3n) is 3.65. The van der Waals surface area contributed by atoms with Gasteiger partial charge in [-0.25, -0.2) is 9.97 Å². The number of hydrogen-bond acceptors (Lipinski definition) is 12. The molecule has 157 valence electrons. The predicted molar refractivity (Wildman–Crippen MR) is 104 cm³/mol. The molecule has 2 atom stereocenters. The number of thiazole rings is 2. The summed E-state index contributed by atoms with van der Waals surface area (Å²) >= 11 is 1.73. The number of Topliss-reactive ketones (excluding diaryl/α,β-unsaturated/α-hetero) is 2. The SMILES string of the molecule is CC(=O)C(=O)NC([C]=O)(C(=O)C(NC(=O)C(N)=O)c1csc(N)n1)c1csc(N)n1. The van der Waals surface area contributed by atoms with Gasteiger partial charge in [0.05, 0.1) is 11.4 Å². The van der Waals surface area contributed by atoms with Crippen LogP contribution in [0.25, 0.3) is 0 Å². The lowest BCUT2D eigenvalue weighted by atomic mass is 9.86. The number of carbonyl (C=O) groups excluding carboxylic acids is 6. The minimum Gasteiger partial charge on any atom is -0.375 e. The minimum atomic E-state index is -2.66. The first-order valence-corrected chi connectivity index (χ1v) is 9.57. The van der Waals surface area contributed by atoms with Crippen LogP contribution >= 0.6 is 22.7 Å². The van der Waals surface area contributed by atoms with Gasteiger partial charge in [-0.15, -0.1) is 22.7 Å². The molecule has 1 radical (unpaired) electrons. The topological polar surface area (TPSA) is 230 Å². The highest BCUT2D eigenvalue weighted by atomic mass is 32.1. The van der Waals surface area contributed by atoms with E-state index in [1.807, 2.05) is 10.6 Å². The highest BCUT2D eigenvalue weighted by Crippen LogP contribution is 2.30. The first-order chi connectivity index (χ1) is 14.0. The number of hydrogen-bond donors (Lipinski definition) is 5. The number of amides is 3. The largest absolute Gasteiger partial charge is 0.375 e. The smallest absolute Gasteiger partial charge is 0.309 e. The Kier molecular flexibility index (Phi) is 6.58. The fourth-order valence-electron chi connectivity index (χ4n) is 2.22. The summed E-state index contributed by atoms with van der Waals surface area (Å²) in [5, 5.41) is 6.39. The van der Waals surface area contributed by atoms with Crippen LogP contribution in [-0.4, -0.2) is 45.5 Å². The van der Waals surface area contributed by atoms with E-state index in [9.17, 15) is 28.8 Å². The van der Waals surface area contributed by atoms with E-state index in [0.29, 0.717) is 0 Å². The zero-order chi connectivity index (χ0) is 22.6. The number of aromatic nitrogens is 2. The van der Waals surface area contributed by atoms with Crippen molar-refractivity contribution in [3.8, 4) is 0 Å². The van der Waals surface area contributed by atoms with Gasteiger partial charge in [0.15, 0.2) is 10.3 Å². The quantitative estimate of drug-likeness (QED) is 0.212. The fraction of sp³-hybridized carbons (Fsp3) is 0.200. The van der Waals surface area contributed by atoms with Crippen molar-refractivity contribution in [2.75, 3.05) is 11.5 Å². The van der Waals surface area contributed by atoms with E-state index >= 15 is 0 Å². The van der Waals surface area contributed by atoms with Crippen LogP contribution in [-0.2, 0) is 34.3 Å². The van der Waals surface area contributed by atoms with E-state index < -0.39 is 40.9 Å². The Hall–Kier alpha value is -3.72. The average Bonchev–Trinajstić information content (AvgIpc) is 3.31. The normalized spacial score (nSPS) is 13.5. The van der Waals surface area contributed by atoms with Gasteiger partial charge in [-0.3, -0.25) is 28.8 Å². The van der Waals surface area contributed by atoms with Gasteiger partial charge < -0.3 is 27.8 Å². The maximum atomic E-state index is 13.4. The number of anilines is 2. The van der Waals surface area contributed by atoms with E-state index in [4.69, 9.17) is 17.2 Å². The van der Waals surface area contributed by atoms with Crippen molar-refractivity contribution >= 4 is 68.5 Å². The summed E-state index contributed by atoms with van der Waals surface area (Å²) in [5.41, 5.74) is 12.9. The molecule has 2 aromatic rings. The second-order valence-electron chi connectivity index (χ2n) is 5.68. The van der Waals surface area contributed by atoms with Crippen LogP contribution in [0.15, 0.2) is 10.8 Å². The number of carbonyl (C=O) groups is 5. The van der Waals surface area contributed by atoms with Crippen molar-refractivity contribution < 1.29 is 28.8 Å². The van der Waals surface area contributed by atoms with Crippen molar-refractivity contribution in [1.82, 2.24) is 20.6 Å². The van der Waals surface area contributed by atoms with E-state index in [2.05, 4.69) is 9.97 Å². The molecule has 2 rings (SSSR count). The molecule has 2 unspecified atom stereocenters. The van der Waals surface area contributed by atoms with Crippen LogP contribution in [0.2, 0.25) is 0 Å². The molecule has 2 heterocycles. The molecule has 0 saturated heterocycles. The van der Waals surface area contributed by atoms with Crippen LogP contribution in [0.3, 0.4) is 0 Å². The lowest BCUT2D eigenvalue weighted by molar-refractivity contribution is -0.141. The van der Waals surface area contributed by atoms with Crippen molar-refractivity contribution in [2.24, 2.45) is 5.73 Å². The van der Waals surface area contributed by atoms with Gasteiger partial charge in [0, 0.05) is 17.7 Å². The molecule has 0 aliphatic rings. The number of ketones is 2. The van der Waals surface area contributed by atoms with E-state index in [1.54, 1.807) is 0 Å². The molecule has 0 aliphatic heterocycles. The maximum absolute atomic E-state index is 13.4. The summed E-state index contributed by atoms with van der Waals surface area (Å²) in [6.45, 7) is 0.901. The van der Waals surface area contributed by atoms with Gasteiger partial charge in [0.25, 0.3) is 5.91 Å². The fourth-order valence-corrected chi connectivity index (χ4v) is 3.43. The molecule has 0 bridgehead atoms. The molecule has 0 aromatic carbocycles. The summed E-state index contributed by atoms with van der Waals surface area (Å²) in [6, 6.07) is -1.78. The molecule has 30 heavy (non-hydrogen) atoms. The number of rotatable bonds is 8. The number of nitrogens with one attached hydrogen (secondary N) is 2. The molecule has 8 N–H and O–H groups in total. The second-order valence-corrected chi connectivity index (χ2v) is 7.46. The maximum Gasteiger partial charge on any atom is 0.309 e. The Labute approximate surface area is 176 Å². The van der Waals surface area contributed by atoms with Crippen molar-refractivity contribution in [1.29, 1.82) is 0 Å². The Morgan fingerprint density at radius 3 is 2.10 bits per heavy atom. The van der Waals surface area contributed by atoms with E-state index in [-0.39, 0.29) is 21.7 Å². The van der Waals surface area contributed by atoms with E-state index in [0.717, 1.165) is 29.6 Å². The summed E-state index contributed by atoms with van der Waals surface area (Å²) in [6.07, 6.45) is 1.37. The van der Waals surface area contributed by atoms with Crippen LogP contribution < -0.4 is 27.8 Å². The average molecular weight is 452 g/mol. The molecule has 3 amide bonds. The number of nitrogens with two attached hydrogens (primary N) is 3. The second kappa shape index (κ2) is 8.75. The van der Waals surface area contributed by atoms with Gasteiger partial charge in [0.1, 0.15) is 6.04 Å². The summed E-state index contributed by atoms with van der Waals surface area (Å²) < 4.78 is 0. The molecule has 0 saturated carbocycles. The molecule has 0 fully saturated rings. The lowest BCUT2D eigenvalue weighted by Gasteiger charge is -2.28. The Bertz CT molecular complexity index is 1050. The van der Waals surface area contributed by atoms with Crippen LogP contribution in [0.1, 0.15) is 24.4 Å². The van der Waals surface area contributed by atoms with Gasteiger partial charge in [-0.2, -0.15) is 0 Å². The zero-order valence-corrected chi connectivity index (χ0v) is 16.8. The lowest BCUT2D eigenvalue weighted by Crippen LogP contribution is -2.58. The molecule has 0 aliphatic carbocycles. The summed E-state index contributed by atoms with van der Waals surface area (Å²) in [4.78, 5) is 79.7. The van der Waals surface area contributed by atoms with Crippen LogP contribution in [0.4, 0.5) is 10.3 Å². The van der Waals surface area contributed by atoms with Crippen molar-refractivity contribution in [3.63, 3.8) is 0 Å². The summed E-state index contributed by atoms with van der Waals surface area (Å²) in [5.74, 6) is -6.38. The van der Waals surface area contributed by atoms with E-state index in [1.165, 1.54) is 17.0 Å². The van der Waals surface area contributed by atoms with Gasteiger partial charge in [-0.1, -0.05) is 0 Å². The predicted octanol–water partition coefficient (Wildman–Crippen LogP) is -2.31. The molecule has 13 nitrogen and oxygen atoms in total. The molecule has 0 spiro atoms. The highest BCUT2D eigenvalue weighted by molar-refractivity contribution is 7.13. The number of nitrogen functional groups attached to an aromatic ring is 2. The third kappa shape index (κ3) is 4.47. The monoisotopic (exact) mass is 452 g/mol. The van der Waals surface area contributed by atoms with Crippen molar-refractivity contribution in [3.05, 3.63) is 22.1 Å².